The molecule has 2 rings (SSSR count). The van der Waals surface area contributed by atoms with Crippen LogP contribution in [0.15, 0.2) is 59.5 Å². The Morgan fingerprint density at radius 1 is 1.05 bits per heavy atom. The molecule has 0 unspecified atom stereocenters. The molecule has 108 valence electrons. The van der Waals surface area contributed by atoms with Gasteiger partial charge in [-0.2, -0.15) is 0 Å². The van der Waals surface area contributed by atoms with Crippen molar-refractivity contribution in [2.24, 2.45) is 0 Å². The minimum Gasteiger partial charge on any atom is -0.479 e. The van der Waals surface area contributed by atoms with Crippen molar-refractivity contribution >= 4 is 23.6 Å². The second-order valence-corrected chi connectivity index (χ2v) is 5.26. The molecular weight excluding hydrogens is 286 g/mol. The van der Waals surface area contributed by atoms with E-state index in [-0.39, 0.29) is 0 Å². The highest BCUT2D eigenvalue weighted by Crippen LogP contribution is 2.17. The first-order valence-corrected chi connectivity index (χ1v) is 7.57. The number of rotatable bonds is 5. The van der Waals surface area contributed by atoms with Gasteiger partial charge in [-0.25, -0.2) is 4.79 Å². The molecule has 4 nitrogen and oxygen atoms in total. The third-order valence-electron chi connectivity index (χ3n) is 3.01. The molecule has 2 N–H and O–H groups in total. The number of aliphatic carboxylic acids is 1. The van der Waals surface area contributed by atoms with E-state index in [9.17, 15) is 14.7 Å². The Morgan fingerprint density at radius 2 is 1.67 bits per heavy atom. The van der Waals surface area contributed by atoms with E-state index in [4.69, 9.17) is 0 Å². The summed E-state index contributed by atoms with van der Waals surface area (Å²) < 4.78 is 0. The number of thioether (sulfide) groups is 1. The molecular formula is C16H15NO3S. The normalized spacial score (nSPS) is 11.7. The van der Waals surface area contributed by atoms with Gasteiger partial charge in [0.25, 0.3) is 5.91 Å². The summed E-state index contributed by atoms with van der Waals surface area (Å²) in [4.78, 5) is 24.5. The molecule has 5 heteroatoms. The van der Waals surface area contributed by atoms with Crippen LogP contribution in [0.25, 0.3) is 0 Å². The van der Waals surface area contributed by atoms with E-state index in [1.165, 1.54) is 0 Å². The van der Waals surface area contributed by atoms with E-state index < -0.39 is 17.9 Å². The minimum absolute atomic E-state index is 0.404. The predicted octanol–water partition coefficient (Wildman–Crippen LogP) is 2.96. The molecule has 1 atom stereocenters. The van der Waals surface area contributed by atoms with E-state index >= 15 is 0 Å². The lowest BCUT2D eigenvalue weighted by molar-refractivity contribution is -0.139. The lowest BCUT2D eigenvalue weighted by atomic mass is 10.1. The summed E-state index contributed by atoms with van der Waals surface area (Å²) in [5, 5.41) is 11.8. The van der Waals surface area contributed by atoms with Gasteiger partial charge in [0, 0.05) is 10.5 Å². The fourth-order valence-corrected chi connectivity index (χ4v) is 2.30. The molecule has 0 aliphatic carbocycles. The lowest BCUT2D eigenvalue weighted by Crippen LogP contribution is -2.33. The Labute approximate surface area is 127 Å². The number of hydrogen-bond acceptors (Lipinski definition) is 3. The zero-order valence-electron chi connectivity index (χ0n) is 11.4. The third-order valence-corrected chi connectivity index (χ3v) is 3.75. The van der Waals surface area contributed by atoms with Gasteiger partial charge in [-0.3, -0.25) is 4.79 Å². The van der Waals surface area contributed by atoms with Gasteiger partial charge in [0.15, 0.2) is 6.04 Å². The quantitative estimate of drug-likeness (QED) is 0.833. The molecule has 0 heterocycles. The van der Waals surface area contributed by atoms with Crippen LogP contribution in [0, 0.1) is 0 Å². The van der Waals surface area contributed by atoms with Gasteiger partial charge in [0.05, 0.1) is 0 Å². The standard InChI is InChI=1S/C16H15NO3S/c1-21-13-9-7-12(8-10-13)15(18)17-14(16(19)20)11-5-3-2-4-6-11/h2-10,14H,1H3,(H,17,18)(H,19,20)/t14-/m1/s1. The number of amides is 1. The van der Waals surface area contributed by atoms with E-state index in [0.717, 1.165) is 4.90 Å². The highest BCUT2D eigenvalue weighted by atomic mass is 32.2. The first kappa shape index (κ1) is 15.1. The van der Waals surface area contributed by atoms with Crippen LogP contribution in [0.3, 0.4) is 0 Å². The average molecular weight is 301 g/mol. The summed E-state index contributed by atoms with van der Waals surface area (Å²) in [5.74, 6) is -1.49. The number of carbonyl (C=O) groups excluding carboxylic acids is 1. The van der Waals surface area contributed by atoms with Gasteiger partial charge in [0.2, 0.25) is 0 Å². The summed E-state index contributed by atoms with van der Waals surface area (Å²) in [6.45, 7) is 0. The molecule has 0 fully saturated rings. The predicted molar refractivity (Wildman–Crippen MR) is 82.5 cm³/mol. The molecule has 0 saturated heterocycles. The second-order valence-electron chi connectivity index (χ2n) is 4.38. The molecule has 1 amide bonds. The first-order valence-electron chi connectivity index (χ1n) is 6.34. The van der Waals surface area contributed by atoms with E-state index in [2.05, 4.69) is 5.32 Å². The van der Waals surface area contributed by atoms with Crippen LogP contribution in [0.2, 0.25) is 0 Å². The van der Waals surface area contributed by atoms with Crippen LogP contribution in [-0.4, -0.2) is 23.2 Å². The van der Waals surface area contributed by atoms with Gasteiger partial charge in [-0.15, -0.1) is 11.8 Å². The number of carboxylic acids is 1. The first-order chi connectivity index (χ1) is 10.1. The maximum Gasteiger partial charge on any atom is 0.330 e. The zero-order chi connectivity index (χ0) is 15.2. The summed E-state index contributed by atoms with van der Waals surface area (Å²) >= 11 is 1.58. The molecule has 2 aromatic carbocycles. The number of carbonyl (C=O) groups is 2. The highest BCUT2D eigenvalue weighted by Gasteiger charge is 2.22. The largest absolute Gasteiger partial charge is 0.479 e. The average Bonchev–Trinajstić information content (AvgIpc) is 2.53. The van der Waals surface area contributed by atoms with Crippen molar-refractivity contribution in [2.75, 3.05) is 6.26 Å². The molecule has 0 radical (unpaired) electrons. The third kappa shape index (κ3) is 3.86. The molecule has 0 spiro atoms. The van der Waals surface area contributed by atoms with Crippen molar-refractivity contribution in [1.82, 2.24) is 5.32 Å². The van der Waals surface area contributed by atoms with Gasteiger partial charge in [-0.1, -0.05) is 30.3 Å². The van der Waals surface area contributed by atoms with E-state index in [0.29, 0.717) is 11.1 Å². The molecule has 0 aromatic heterocycles. The monoisotopic (exact) mass is 301 g/mol. The second kappa shape index (κ2) is 6.95. The molecule has 2 aromatic rings. The summed E-state index contributed by atoms with van der Waals surface area (Å²) in [7, 11) is 0. The van der Waals surface area contributed by atoms with E-state index in [1.54, 1.807) is 54.2 Å². The maximum absolute atomic E-state index is 12.2. The Bertz CT molecular complexity index is 626. The minimum atomic E-state index is -1.09. The van der Waals surface area contributed by atoms with Gasteiger partial charge in [-0.05, 0) is 36.1 Å². The Hall–Kier alpha value is -2.27. The number of benzene rings is 2. The fraction of sp³-hybridized carbons (Fsp3) is 0.125. The highest BCUT2D eigenvalue weighted by molar-refractivity contribution is 7.98. The summed E-state index contributed by atoms with van der Waals surface area (Å²) in [6, 6.07) is 14.6. The zero-order valence-corrected chi connectivity index (χ0v) is 12.3. The molecule has 0 saturated carbocycles. The lowest BCUT2D eigenvalue weighted by Gasteiger charge is -2.15. The number of nitrogens with one attached hydrogen (secondary N) is 1. The van der Waals surface area contributed by atoms with Crippen LogP contribution < -0.4 is 5.32 Å². The Balaban J connectivity index is 2.16. The molecule has 0 aliphatic rings. The Morgan fingerprint density at radius 3 is 2.19 bits per heavy atom. The molecule has 0 bridgehead atoms. The van der Waals surface area contributed by atoms with Gasteiger partial charge in [0.1, 0.15) is 0 Å². The smallest absolute Gasteiger partial charge is 0.330 e. The van der Waals surface area contributed by atoms with Crippen molar-refractivity contribution < 1.29 is 14.7 Å². The van der Waals surface area contributed by atoms with Crippen molar-refractivity contribution in [3.8, 4) is 0 Å². The topological polar surface area (TPSA) is 66.4 Å². The summed E-state index contributed by atoms with van der Waals surface area (Å²) in [6.07, 6.45) is 1.95. The molecule has 21 heavy (non-hydrogen) atoms. The van der Waals surface area contributed by atoms with Crippen LogP contribution in [0.5, 0.6) is 0 Å². The SMILES string of the molecule is CSc1ccc(C(=O)N[C@@H](C(=O)O)c2ccccc2)cc1. The number of hydrogen-bond donors (Lipinski definition) is 2. The maximum atomic E-state index is 12.2. The Kier molecular flexibility index (Phi) is 5.00. The summed E-state index contributed by atoms with van der Waals surface area (Å²) in [5.41, 5.74) is 0.981. The van der Waals surface area contributed by atoms with E-state index in [1.807, 2.05) is 18.4 Å². The van der Waals surface area contributed by atoms with Gasteiger partial charge >= 0.3 is 5.97 Å². The fourth-order valence-electron chi connectivity index (χ4n) is 1.89. The van der Waals surface area contributed by atoms with Crippen LogP contribution >= 0.6 is 11.8 Å². The van der Waals surface area contributed by atoms with Crippen molar-refractivity contribution in [3.63, 3.8) is 0 Å². The van der Waals surface area contributed by atoms with Crippen LogP contribution in [0.4, 0.5) is 0 Å². The van der Waals surface area contributed by atoms with Crippen molar-refractivity contribution in [3.05, 3.63) is 65.7 Å². The van der Waals surface area contributed by atoms with Crippen LogP contribution in [-0.2, 0) is 4.79 Å². The van der Waals surface area contributed by atoms with Crippen molar-refractivity contribution in [1.29, 1.82) is 0 Å². The molecule has 0 aliphatic heterocycles. The number of carboxylic acid groups (broad SMARTS) is 1. The van der Waals surface area contributed by atoms with Crippen molar-refractivity contribution in [2.45, 2.75) is 10.9 Å². The van der Waals surface area contributed by atoms with Gasteiger partial charge < -0.3 is 10.4 Å². The van der Waals surface area contributed by atoms with Crippen LogP contribution in [0.1, 0.15) is 22.0 Å².